The van der Waals surface area contributed by atoms with Gasteiger partial charge < -0.3 is 10.4 Å². The molecule has 0 saturated heterocycles. The highest BCUT2D eigenvalue weighted by atomic mass is 16.3. The first-order valence-corrected chi connectivity index (χ1v) is 4.60. The van der Waals surface area contributed by atoms with Crippen molar-refractivity contribution in [2.45, 2.75) is 19.6 Å². The Kier molecular flexibility index (Phi) is 4.11. The van der Waals surface area contributed by atoms with Crippen LogP contribution in [0.5, 0.6) is 0 Å². The van der Waals surface area contributed by atoms with Gasteiger partial charge in [-0.05, 0) is 24.6 Å². The number of benzene rings is 1. The van der Waals surface area contributed by atoms with Crippen LogP contribution in [0, 0.1) is 11.3 Å². The third-order valence-electron chi connectivity index (χ3n) is 1.82. The van der Waals surface area contributed by atoms with Crippen molar-refractivity contribution in [3.8, 4) is 6.07 Å². The van der Waals surface area contributed by atoms with Crippen LogP contribution in [0.2, 0.25) is 0 Å². The highest BCUT2D eigenvalue weighted by Gasteiger charge is 1.96. The minimum Gasteiger partial charge on any atom is -0.392 e. The van der Waals surface area contributed by atoms with Crippen molar-refractivity contribution in [2.75, 3.05) is 6.54 Å². The summed E-state index contributed by atoms with van der Waals surface area (Å²) in [4.78, 5) is 0. The molecule has 1 aromatic rings. The molecule has 1 aromatic carbocycles. The van der Waals surface area contributed by atoms with Crippen molar-refractivity contribution in [2.24, 2.45) is 0 Å². The van der Waals surface area contributed by atoms with Crippen LogP contribution in [0.25, 0.3) is 0 Å². The van der Waals surface area contributed by atoms with Gasteiger partial charge in [-0.25, -0.2) is 0 Å². The molecule has 3 nitrogen and oxygen atoms in total. The van der Waals surface area contributed by atoms with Crippen molar-refractivity contribution in [1.29, 1.82) is 5.26 Å². The summed E-state index contributed by atoms with van der Waals surface area (Å²) in [5.74, 6) is 0. The fraction of sp³-hybridized carbons (Fsp3) is 0.364. The topological polar surface area (TPSA) is 56.0 Å². The summed E-state index contributed by atoms with van der Waals surface area (Å²) in [7, 11) is 0. The molecule has 0 bridgehead atoms. The number of nitrogens with one attached hydrogen (secondary N) is 1. The van der Waals surface area contributed by atoms with E-state index in [1.54, 1.807) is 13.0 Å². The Morgan fingerprint density at radius 2 is 2.36 bits per heavy atom. The molecule has 0 radical (unpaired) electrons. The molecule has 3 heteroatoms. The maximum absolute atomic E-state index is 9.02. The van der Waals surface area contributed by atoms with Gasteiger partial charge in [0.05, 0.1) is 17.7 Å². The van der Waals surface area contributed by atoms with Gasteiger partial charge in [-0.2, -0.15) is 5.26 Å². The maximum atomic E-state index is 9.02. The average Bonchev–Trinajstić information content (AvgIpc) is 2.18. The lowest BCUT2D eigenvalue weighted by atomic mass is 10.1. The lowest BCUT2D eigenvalue weighted by molar-refractivity contribution is 0.191. The number of hydrogen-bond acceptors (Lipinski definition) is 3. The van der Waals surface area contributed by atoms with E-state index in [0.717, 1.165) is 5.56 Å². The highest BCUT2D eigenvalue weighted by Crippen LogP contribution is 2.03. The molecule has 14 heavy (non-hydrogen) atoms. The van der Waals surface area contributed by atoms with Crippen LogP contribution in [-0.2, 0) is 6.54 Å². The highest BCUT2D eigenvalue weighted by molar-refractivity contribution is 5.32. The zero-order valence-corrected chi connectivity index (χ0v) is 8.20. The SMILES string of the molecule is CC(O)CNCc1cccc(C#N)c1. The number of aliphatic hydroxyl groups excluding tert-OH is 1. The van der Waals surface area contributed by atoms with Gasteiger partial charge in [-0.1, -0.05) is 12.1 Å². The quantitative estimate of drug-likeness (QED) is 0.745. The van der Waals surface area contributed by atoms with Crippen LogP contribution in [0.3, 0.4) is 0 Å². The second-order valence-electron chi connectivity index (χ2n) is 3.29. The third kappa shape index (κ3) is 3.56. The summed E-state index contributed by atoms with van der Waals surface area (Å²) in [6, 6.07) is 9.52. The molecule has 0 saturated carbocycles. The van der Waals surface area contributed by atoms with E-state index >= 15 is 0 Å². The van der Waals surface area contributed by atoms with E-state index in [1.807, 2.05) is 18.2 Å². The van der Waals surface area contributed by atoms with Crippen LogP contribution in [0.1, 0.15) is 18.1 Å². The molecule has 0 aliphatic carbocycles. The molecule has 2 N–H and O–H groups in total. The number of rotatable bonds is 4. The van der Waals surface area contributed by atoms with E-state index < -0.39 is 0 Å². The minimum absolute atomic E-state index is 0.339. The first kappa shape index (κ1) is 10.7. The molecule has 0 fully saturated rings. The zero-order chi connectivity index (χ0) is 10.4. The molecule has 74 valence electrons. The number of aliphatic hydroxyl groups is 1. The lowest BCUT2D eigenvalue weighted by Gasteiger charge is -2.06. The largest absolute Gasteiger partial charge is 0.392 e. The Labute approximate surface area is 84.0 Å². The van der Waals surface area contributed by atoms with Crippen LogP contribution in [0.15, 0.2) is 24.3 Å². The van der Waals surface area contributed by atoms with Gasteiger partial charge >= 0.3 is 0 Å². The summed E-state index contributed by atoms with van der Waals surface area (Å²) in [5.41, 5.74) is 1.73. The summed E-state index contributed by atoms with van der Waals surface area (Å²) in [6.45, 7) is 2.98. The van der Waals surface area contributed by atoms with E-state index in [-0.39, 0.29) is 6.10 Å². The molecule has 1 atom stereocenters. The maximum Gasteiger partial charge on any atom is 0.0991 e. The van der Waals surface area contributed by atoms with Crippen LogP contribution in [0.4, 0.5) is 0 Å². The number of nitrogens with zero attached hydrogens (tertiary/aromatic N) is 1. The average molecular weight is 190 g/mol. The number of hydrogen-bond donors (Lipinski definition) is 2. The Bertz CT molecular complexity index is 328. The first-order chi connectivity index (χ1) is 6.72. The molecular formula is C11H14N2O. The molecular weight excluding hydrogens is 176 g/mol. The normalized spacial score (nSPS) is 12.1. The summed E-state index contributed by atoms with van der Waals surface area (Å²) < 4.78 is 0. The van der Waals surface area contributed by atoms with Gasteiger partial charge in [0.15, 0.2) is 0 Å². The van der Waals surface area contributed by atoms with E-state index in [2.05, 4.69) is 11.4 Å². The first-order valence-electron chi connectivity index (χ1n) is 4.60. The molecule has 0 amide bonds. The predicted octanol–water partition coefficient (Wildman–Crippen LogP) is 1.03. The molecule has 1 rings (SSSR count). The zero-order valence-electron chi connectivity index (χ0n) is 8.20. The van der Waals surface area contributed by atoms with Gasteiger partial charge in [0.25, 0.3) is 0 Å². The molecule has 1 unspecified atom stereocenters. The van der Waals surface area contributed by atoms with Gasteiger partial charge in [0.2, 0.25) is 0 Å². The van der Waals surface area contributed by atoms with Crippen molar-refractivity contribution in [1.82, 2.24) is 5.32 Å². The Balaban J connectivity index is 2.47. The van der Waals surface area contributed by atoms with Crippen molar-refractivity contribution in [3.63, 3.8) is 0 Å². The molecule has 0 aliphatic heterocycles. The number of nitriles is 1. The van der Waals surface area contributed by atoms with Gasteiger partial charge in [0.1, 0.15) is 0 Å². The standard InChI is InChI=1S/C11H14N2O/c1-9(14)7-13-8-11-4-2-3-10(5-11)6-12/h2-5,9,13-14H,7-8H2,1H3. The molecule has 0 spiro atoms. The van der Waals surface area contributed by atoms with E-state index in [9.17, 15) is 0 Å². The summed E-state index contributed by atoms with van der Waals surface area (Å²) in [5, 5.41) is 20.8. The monoisotopic (exact) mass is 190 g/mol. The van der Waals surface area contributed by atoms with Gasteiger partial charge in [-0.15, -0.1) is 0 Å². The van der Waals surface area contributed by atoms with Gasteiger partial charge in [0, 0.05) is 13.1 Å². The minimum atomic E-state index is -0.339. The predicted molar refractivity (Wildman–Crippen MR) is 54.5 cm³/mol. The van der Waals surface area contributed by atoms with Crippen molar-refractivity contribution in [3.05, 3.63) is 35.4 Å². The van der Waals surface area contributed by atoms with Crippen LogP contribution >= 0.6 is 0 Å². The summed E-state index contributed by atoms with van der Waals surface area (Å²) >= 11 is 0. The van der Waals surface area contributed by atoms with Crippen LogP contribution < -0.4 is 5.32 Å². The fourth-order valence-electron chi connectivity index (χ4n) is 1.18. The van der Waals surface area contributed by atoms with E-state index in [1.165, 1.54) is 0 Å². The van der Waals surface area contributed by atoms with E-state index in [4.69, 9.17) is 10.4 Å². The Hall–Kier alpha value is -1.37. The third-order valence-corrected chi connectivity index (χ3v) is 1.82. The van der Waals surface area contributed by atoms with E-state index in [0.29, 0.717) is 18.7 Å². The smallest absolute Gasteiger partial charge is 0.0991 e. The molecule has 0 aliphatic rings. The fourth-order valence-corrected chi connectivity index (χ4v) is 1.18. The van der Waals surface area contributed by atoms with Crippen molar-refractivity contribution < 1.29 is 5.11 Å². The second-order valence-corrected chi connectivity index (χ2v) is 3.29. The molecule has 0 heterocycles. The second kappa shape index (κ2) is 5.38. The Morgan fingerprint density at radius 1 is 1.57 bits per heavy atom. The lowest BCUT2D eigenvalue weighted by Crippen LogP contribution is -2.23. The van der Waals surface area contributed by atoms with Crippen molar-refractivity contribution >= 4 is 0 Å². The molecule has 0 aromatic heterocycles. The Morgan fingerprint density at radius 3 is 3.00 bits per heavy atom. The van der Waals surface area contributed by atoms with Crippen LogP contribution in [-0.4, -0.2) is 17.8 Å². The summed E-state index contributed by atoms with van der Waals surface area (Å²) in [6.07, 6.45) is -0.339. The van der Waals surface area contributed by atoms with Gasteiger partial charge in [-0.3, -0.25) is 0 Å².